The fourth-order valence-corrected chi connectivity index (χ4v) is 2.96. The maximum Gasteiger partial charge on any atom is 0.106 e. The molecule has 0 amide bonds. The largest absolute Gasteiger partial charge is 0.377 e. The second-order valence-electron chi connectivity index (χ2n) is 6.29. The quantitative estimate of drug-likeness (QED) is 0.779. The van der Waals surface area contributed by atoms with Crippen molar-refractivity contribution in [2.75, 3.05) is 26.2 Å². The number of ether oxygens (including phenoxy) is 1. The van der Waals surface area contributed by atoms with E-state index >= 15 is 0 Å². The van der Waals surface area contributed by atoms with Crippen molar-refractivity contribution in [3.8, 4) is 6.07 Å². The van der Waals surface area contributed by atoms with Crippen LogP contribution in [0.15, 0.2) is 0 Å². The fraction of sp³-hybridized carbons (Fsp3) is 0.938. The van der Waals surface area contributed by atoms with E-state index in [0.29, 0.717) is 12.1 Å². The number of nitrogens with zero attached hydrogens (tertiary/aromatic N) is 2. The highest BCUT2D eigenvalue weighted by Gasteiger charge is 2.28. The van der Waals surface area contributed by atoms with Crippen molar-refractivity contribution >= 4 is 0 Å². The first-order valence-corrected chi connectivity index (χ1v) is 8.04. The number of hydrogen-bond acceptors (Lipinski definition) is 4. The minimum absolute atomic E-state index is 0.332. The summed E-state index contributed by atoms with van der Waals surface area (Å²) in [6, 6.07) is 2.85. The molecule has 0 bridgehead atoms. The first-order valence-electron chi connectivity index (χ1n) is 8.04. The Labute approximate surface area is 124 Å². The molecule has 20 heavy (non-hydrogen) atoms. The lowest BCUT2D eigenvalue weighted by atomic mass is 9.91. The summed E-state index contributed by atoms with van der Waals surface area (Å²) in [7, 11) is 0. The van der Waals surface area contributed by atoms with Gasteiger partial charge in [0.15, 0.2) is 0 Å². The minimum Gasteiger partial charge on any atom is -0.377 e. The molecule has 4 heteroatoms. The molecule has 0 aromatic rings. The summed E-state index contributed by atoms with van der Waals surface area (Å²) in [5, 5.41) is 13.0. The molecule has 2 atom stereocenters. The maximum atomic E-state index is 9.50. The van der Waals surface area contributed by atoms with Crippen LogP contribution < -0.4 is 5.32 Å². The second-order valence-corrected chi connectivity index (χ2v) is 6.29. The van der Waals surface area contributed by atoms with Crippen molar-refractivity contribution in [2.45, 2.75) is 71.1 Å². The van der Waals surface area contributed by atoms with E-state index in [1.807, 2.05) is 0 Å². The van der Waals surface area contributed by atoms with E-state index in [-0.39, 0.29) is 5.54 Å². The van der Waals surface area contributed by atoms with Gasteiger partial charge < -0.3 is 9.64 Å². The first kappa shape index (κ1) is 17.4. The molecule has 1 aliphatic heterocycles. The second kappa shape index (κ2) is 8.61. The molecule has 1 fully saturated rings. The van der Waals surface area contributed by atoms with Crippen LogP contribution in [-0.2, 0) is 4.74 Å². The lowest BCUT2D eigenvalue weighted by Gasteiger charge is -2.30. The van der Waals surface area contributed by atoms with Crippen LogP contribution >= 0.6 is 0 Å². The van der Waals surface area contributed by atoms with Crippen LogP contribution in [-0.4, -0.2) is 48.8 Å². The van der Waals surface area contributed by atoms with Crippen molar-refractivity contribution in [2.24, 2.45) is 0 Å². The van der Waals surface area contributed by atoms with Gasteiger partial charge in [0.05, 0.1) is 12.2 Å². The first-order chi connectivity index (χ1) is 9.51. The number of rotatable bonds is 7. The standard InChI is InChI=1S/C16H31N3O/c1-5-16(13-17,18-14(2)3)8-6-9-19-10-7-11-20-15(4)12-19/h14-15,18H,5-12H2,1-4H3. The molecule has 2 unspecified atom stereocenters. The molecule has 0 spiro atoms. The molecule has 0 aromatic heterocycles. The molecule has 1 aliphatic rings. The zero-order valence-corrected chi connectivity index (χ0v) is 13.6. The van der Waals surface area contributed by atoms with Crippen molar-refractivity contribution < 1.29 is 4.74 Å². The van der Waals surface area contributed by atoms with Crippen LogP contribution in [0.3, 0.4) is 0 Å². The summed E-state index contributed by atoms with van der Waals surface area (Å²) < 4.78 is 5.67. The molecule has 1 saturated heterocycles. The van der Waals surface area contributed by atoms with E-state index < -0.39 is 0 Å². The van der Waals surface area contributed by atoms with Gasteiger partial charge in [-0.3, -0.25) is 5.32 Å². The molecular formula is C16H31N3O. The van der Waals surface area contributed by atoms with Gasteiger partial charge in [0.25, 0.3) is 0 Å². The average Bonchev–Trinajstić information content (AvgIpc) is 2.61. The van der Waals surface area contributed by atoms with E-state index in [9.17, 15) is 5.26 Å². The third-order valence-electron chi connectivity index (χ3n) is 4.00. The van der Waals surface area contributed by atoms with E-state index in [4.69, 9.17) is 4.74 Å². The normalized spacial score (nSPS) is 24.1. The van der Waals surface area contributed by atoms with Crippen LogP contribution in [0.4, 0.5) is 0 Å². The number of hydrogen-bond donors (Lipinski definition) is 1. The summed E-state index contributed by atoms with van der Waals surface area (Å²) in [5.74, 6) is 0. The lowest BCUT2D eigenvalue weighted by Crippen LogP contribution is -2.47. The van der Waals surface area contributed by atoms with Crippen LogP contribution in [0.2, 0.25) is 0 Å². The van der Waals surface area contributed by atoms with Crippen molar-refractivity contribution in [1.29, 1.82) is 5.26 Å². The molecule has 0 aliphatic carbocycles. The Morgan fingerprint density at radius 3 is 2.85 bits per heavy atom. The predicted molar refractivity (Wildman–Crippen MR) is 82.6 cm³/mol. The highest BCUT2D eigenvalue weighted by molar-refractivity contribution is 5.06. The lowest BCUT2D eigenvalue weighted by molar-refractivity contribution is 0.0673. The van der Waals surface area contributed by atoms with E-state index in [0.717, 1.165) is 51.9 Å². The highest BCUT2D eigenvalue weighted by Crippen LogP contribution is 2.18. The molecule has 1 rings (SSSR count). The molecule has 0 radical (unpaired) electrons. The third-order valence-corrected chi connectivity index (χ3v) is 4.00. The van der Waals surface area contributed by atoms with Gasteiger partial charge >= 0.3 is 0 Å². The Morgan fingerprint density at radius 2 is 2.25 bits per heavy atom. The minimum atomic E-state index is -0.359. The van der Waals surface area contributed by atoms with Crippen LogP contribution in [0.5, 0.6) is 0 Å². The number of nitrogens with one attached hydrogen (secondary N) is 1. The zero-order chi connectivity index (χ0) is 15.0. The predicted octanol–water partition coefficient (Wildman–Crippen LogP) is 2.55. The molecule has 1 heterocycles. The van der Waals surface area contributed by atoms with Gasteiger partial charge in [-0.15, -0.1) is 0 Å². The summed E-state index contributed by atoms with van der Waals surface area (Å²) in [6.45, 7) is 12.5. The fourth-order valence-electron chi connectivity index (χ4n) is 2.96. The van der Waals surface area contributed by atoms with Crippen LogP contribution in [0.25, 0.3) is 0 Å². The smallest absolute Gasteiger partial charge is 0.106 e. The van der Waals surface area contributed by atoms with E-state index in [1.165, 1.54) is 0 Å². The summed E-state index contributed by atoms with van der Waals surface area (Å²) in [5.41, 5.74) is -0.359. The van der Waals surface area contributed by atoms with Gasteiger partial charge in [0.1, 0.15) is 5.54 Å². The third kappa shape index (κ3) is 5.78. The molecule has 0 aromatic carbocycles. The van der Waals surface area contributed by atoms with Gasteiger partial charge in [0.2, 0.25) is 0 Å². The van der Waals surface area contributed by atoms with Crippen molar-refractivity contribution in [1.82, 2.24) is 10.2 Å². The topological polar surface area (TPSA) is 48.3 Å². The number of nitriles is 1. The van der Waals surface area contributed by atoms with E-state index in [2.05, 4.69) is 44.0 Å². The Hall–Kier alpha value is -0.630. The zero-order valence-electron chi connectivity index (χ0n) is 13.6. The van der Waals surface area contributed by atoms with Gasteiger partial charge in [-0.2, -0.15) is 5.26 Å². The van der Waals surface area contributed by atoms with Crippen molar-refractivity contribution in [3.05, 3.63) is 0 Å². The highest BCUT2D eigenvalue weighted by atomic mass is 16.5. The molecule has 116 valence electrons. The Kier molecular flexibility index (Phi) is 7.50. The van der Waals surface area contributed by atoms with Gasteiger partial charge in [-0.25, -0.2) is 0 Å². The monoisotopic (exact) mass is 281 g/mol. The summed E-state index contributed by atoms with van der Waals surface area (Å²) in [6.07, 6.45) is 4.29. The molecule has 0 saturated carbocycles. The van der Waals surface area contributed by atoms with Gasteiger partial charge in [-0.05, 0) is 53.0 Å². The Bertz CT molecular complexity index is 313. The Morgan fingerprint density at radius 1 is 1.50 bits per heavy atom. The summed E-state index contributed by atoms with van der Waals surface area (Å²) >= 11 is 0. The van der Waals surface area contributed by atoms with Gasteiger partial charge in [0, 0.05) is 25.7 Å². The summed E-state index contributed by atoms with van der Waals surface area (Å²) in [4.78, 5) is 2.48. The van der Waals surface area contributed by atoms with E-state index in [1.54, 1.807) is 0 Å². The van der Waals surface area contributed by atoms with Crippen LogP contribution in [0.1, 0.15) is 53.4 Å². The molecule has 4 nitrogen and oxygen atoms in total. The SMILES string of the molecule is CCC(C#N)(CCCN1CCCOC(C)C1)NC(C)C. The Balaban J connectivity index is 2.41. The van der Waals surface area contributed by atoms with Gasteiger partial charge in [-0.1, -0.05) is 6.92 Å². The average molecular weight is 281 g/mol. The molecular weight excluding hydrogens is 250 g/mol. The molecule has 1 N–H and O–H groups in total. The maximum absolute atomic E-state index is 9.50. The van der Waals surface area contributed by atoms with Crippen molar-refractivity contribution in [3.63, 3.8) is 0 Å². The van der Waals surface area contributed by atoms with Crippen LogP contribution in [0, 0.1) is 11.3 Å².